The largest absolute Gasteiger partial charge is 0.339 e. The number of nitrogens with zero attached hydrogens (tertiary/aromatic N) is 3. The first-order chi connectivity index (χ1) is 11.2. The smallest absolute Gasteiger partial charge is 0.149 e. The van der Waals surface area contributed by atoms with Gasteiger partial charge in [-0.2, -0.15) is 0 Å². The maximum Gasteiger partial charge on any atom is 0.149 e. The summed E-state index contributed by atoms with van der Waals surface area (Å²) in [4.78, 5) is 8.82. The summed E-state index contributed by atoms with van der Waals surface area (Å²) in [6.45, 7) is 3.05. The minimum Gasteiger partial charge on any atom is -0.339 e. The van der Waals surface area contributed by atoms with E-state index in [0.717, 1.165) is 30.0 Å². The van der Waals surface area contributed by atoms with Crippen molar-refractivity contribution in [1.82, 2.24) is 14.5 Å². The van der Waals surface area contributed by atoms with Gasteiger partial charge >= 0.3 is 0 Å². The summed E-state index contributed by atoms with van der Waals surface area (Å²) in [6, 6.07) is 9.26. The third-order valence-corrected chi connectivity index (χ3v) is 3.93. The molecule has 0 spiro atoms. The van der Waals surface area contributed by atoms with E-state index in [1.807, 2.05) is 36.5 Å². The Labute approximate surface area is 145 Å². The van der Waals surface area contributed by atoms with Crippen LogP contribution in [0.4, 0.5) is 11.5 Å². The molecule has 23 heavy (non-hydrogen) atoms. The first-order valence-corrected chi connectivity index (χ1v) is 8.12. The molecule has 1 N–H and O–H groups in total. The molecule has 0 aliphatic heterocycles. The normalized spacial score (nSPS) is 10.7. The van der Waals surface area contributed by atoms with Crippen molar-refractivity contribution < 1.29 is 0 Å². The molecule has 0 bridgehead atoms. The SMILES string of the molecule is CCCn1ccnc1-c1cnc(Nc2ccc(Cl)cc2)c(Cl)c1. The lowest BCUT2D eigenvalue weighted by molar-refractivity contribution is 0.685. The summed E-state index contributed by atoms with van der Waals surface area (Å²) in [6.07, 6.45) is 6.57. The zero-order valence-electron chi connectivity index (χ0n) is 12.6. The Morgan fingerprint density at radius 3 is 2.61 bits per heavy atom. The Morgan fingerprint density at radius 2 is 1.91 bits per heavy atom. The van der Waals surface area contributed by atoms with Gasteiger partial charge in [-0.3, -0.25) is 0 Å². The molecule has 3 aromatic rings. The van der Waals surface area contributed by atoms with Crippen molar-refractivity contribution in [2.24, 2.45) is 0 Å². The number of pyridine rings is 1. The molecule has 3 rings (SSSR count). The summed E-state index contributed by atoms with van der Waals surface area (Å²) >= 11 is 12.3. The summed E-state index contributed by atoms with van der Waals surface area (Å²) in [7, 11) is 0. The third-order valence-electron chi connectivity index (χ3n) is 3.39. The van der Waals surface area contributed by atoms with Crippen LogP contribution in [0.2, 0.25) is 10.0 Å². The molecule has 118 valence electrons. The van der Waals surface area contributed by atoms with E-state index < -0.39 is 0 Å². The van der Waals surface area contributed by atoms with Gasteiger partial charge in [0.1, 0.15) is 11.6 Å². The highest BCUT2D eigenvalue weighted by atomic mass is 35.5. The maximum absolute atomic E-state index is 6.37. The molecular weight excluding hydrogens is 331 g/mol. The van der Waals surface area contributed by atoms with Gasteiger partial charge in [-0.05, 0) is 36.8 Å². The molecule has 0 saturated heterocycles. The Kier molecular flexibility index (Phi) is 4.84. The van der Waals surface area contributed by atoms with Gasteiger partial charge in [0.15, 0.2) is 0 Å². The van der Waals surface area contributed by atoms with Crippen molar-refractivity contribution in [3.05, 3.63) is 59.0 Å². The number of anilines is 2. The van der Waals surface area contributed by atoms with Crippen LogP contribution in [0.3, 0.4) is 0 Å². The van der Waals surface area contributed by atoms with Gasteiger partial charge in [0.05, 0.1) is 5.02 Å². The van der Waals surface area contributed by atoms with Gasteiger partial charge in [0.25, 0.3) is 0 Å². The van der Waals surface area contributed by atoms with E-state index in [0.29, 0.717) is 15.9 Å². The van der Waals surface area contributed by atoms with Gasteiger partial charge in [-0.1, -0.05) is 30.1 Å². The number of halogens is 2. The van der Waals surface area contributed by atoms with Gasteiger partial charge in [0, 0.05) is 41.4 Å². The molecule has 0 fully saturated rings. The predicted molar refractivity (Wildman–Crippen MR) is 95.5 cm³/mol. The summed E-state index contributed by atoms with van der Waals surface area (Å²) in [5.74, 6) is 1.48. The molecule has 2 heterocycles. The van der Waals surface area contributed by atoms with E-state index in [9.17, 15) is 0 Å². The molecule has 0 aliphatic carbocycles. The number of aryl methyl sites for hydroxylation is 1. The van der Waals surface area contributed by atoms with E-state index >= 15 is 0 Å². The van der Waals surface area contributed by atoms with Crippen LogP contribution >= 0.6 is 23.2 Å². The molecule has 6 heteroatoms. The number of hydrogen-bond acceptors (Lipinski definition) is 3. The number of benzene rings is 1. The quantitative estimate of drug-likeness (QED) is 0.671. The average Bonchev–Trinajstić information content (AvgIpc) is 3.00. The van der Waals surface area contributed by atoms with Crippen LogP contribution in [0.15, 0.2) is 48.9 Å². The highest BCUT2D eigenvalue weighted by molar-refractivity contribution is 6.33. The number of hydrogen-bond donors (Lipinski definition) is 1. The third kappa shape index (κ3) is 3.66. The average molecular weight is 347 g/mol. The van der Waals surface area contributed by atoms with Gasteiger partial charge < -0.3 is 9.88 Å². The minimum atomic E-state index is 0.545. The lowest BCUT2D eigenvalue weighted by Gasteiger charge is -2.10. The van der Waals surface area contributed by atoms with Gasteiger partial charge in [-0.15, -0.1) is 0 Å². The van der Waals surface area contributed by atoms with Crippen LogP contribution in [0.5, 0.6) is 0 Å². The summed E-state index contributed by atoms with van der Waals surface area (Å²) < 4.78 is 2.10. The zero-order valence-corrected chi connectivity index (χ0v) is 14.1. The standard InChI is InChI=1S/C17H16Cl2N4/c1-2-8-23-9-7-20-17(23)12-10-15(19)16(21-11-12)22-14-5-3-13(18)4-6-14/h3-7,9-11H,2,8H2,1H3,(H,21,22). The van der Waals surface area contributed by atoms with Crippen LogP contribution in [-0.4, -0.2) is 14.5 Å². The molecule has 0 unspecified atom stereocenters. The topological polar surface area (TPSA) is 42.7 Å². The first-order valence-electron chi connectivity index (χ1n) is 7.37. The fourth-order valence-electron chi connectivity index (χ4n) is 2.31. The molecule has 0 amide bonds. The highest BCUT2D eigenvalue weighted by Gasteiger charge is 2.10. The van der Waals surface area contributed by atoms with E-state index in [1.54, 1.807) is 12.4 Å². The van der Waals surface area contributed by atoms with Crippen molar-refractivity contribution in [3.63, 3.8) is 0 Å². The fraction of sp³-hybridized carbons (Fsp3) is 0.176. The van der Waals surface area contributed by atoms with Crippen LogP contribution in [0.1, 0.15) is 13.3 Å². The second-order valence-corrected chi connectivity index (χ2v) is 5.97. The summed E-state index contributed by atoms with van der Waals surface area (Å²) in [5, 5.41) is 4.42. The molecular formula is C17H16Cl2N4. The van der Waals surface area contributed by atoms with E-state index in [-0.39, 0.29) is 0 Å². The molecule has 0 atom stereocenters. The first kappa shape index (κ1) is 15.8. The number of imidazole rings is 1. The van der Waals surface area contributed by atoms with Crippen molar-refractivity contribution in [2.75, 3.05) is 5.32 Å². The van der Waals surface area contributed by atoms with Crippen LogP contribution in [0.25, 0.3) is 11.4 Å². The number of rotatable bonds is 5. The van der Waals surface area contributed by atoms with Crippen molar-refractivity contribution in [3.8, 4) is 11.4 Å². The van der Waals surface area contributed by atoms with E-state index in [2.05, 4.69) is 26.8 Å². The van der Waals surface area contributed by atoms with Crippen LogP contribution in [0, 0.1) is 0 Å². The molecule has 0 aliphatic rings. The lowest BCUT2D eigenvalue weighted by atomic mass is 10.2. The van der Waals surface area contributed by atoms with Crippen molar-refractivity contribution in [1.29, 1.82) is 0 Å². The van der Waals surface area contributed by atoms with Crippen molar-refractivity contribution in [2.45, 2.75) is 19.9 Å². The lowest BCUT2D eigenvalue weighted by Crippen LogP contribution is -2.00. The molecule has 4 nitrogen and oxygen atoms in total. The molecule has 0 radical (unpaired) electrons. The van der Waals surface area contributed by atoms with E-state index in [1.165, 1.54) is 0 Å². The monoisotopic (exact) mass is 346 g/mol. The second-order valence-electron chi connectivity index (χ2n) is 5.13. The second kappa shape index (κ2) is 7.02. The molecule has 0 saturated carbocycles. The molecule has 1 aromatic carbocycles. The van der Waals surface area contributed by atoms with Crippen LogP contribution in [-0.2, 0) is 6.54 Å². The maximum atomic E-state index is 6.37. The minimum absolute atomic E-state index is 0.545. The Hall–Kier alpha value is -2.04. The van der Waals surface area contributed by atoms with Crippen molar-refractivity contribution >= 4 is 34.7 Å². The summed E-state index contributed by atoms with van der Waals surface area (Å²) in [5.41, 5.74) is 1.78. The number of aromatic nitrogens is 3. The highest BCUT2D eigenvalue weighted by Crippen LogP contribution is 2.28. The molecule has 2 aromatic heterocycles. The van der Waals surface area contributed by atoms with E-state index in [4.69, 9.17) is 23.2 Å². The van der Waals surface area contributed by atoms with Crippen LogP contribution < -0.4 is 5.32 Å². The van der Waals surface area contributed by atoms with Gasteiger partial charge in [0.2, 0.25) is 0 Å². The van der Waals surface area contributed by atoms with Gasteiger partial charge in [-0.25, -0.2) is 9.97 Å². The Morgan fingerprint density at radius 1 is 1.13 bits per heavy atom. The number of nitrogens with one attached hydrogen (secondary N) is 1. The zero-order chi connectivity index (χ0) is 16.2. The fourth-order valence-corrected chi connectivity index (χ4v) is 2.65. The Balaban J connectivity index is 1.85. The predicted octanol–water partition coefficient (Wildman–Crippen LogP) is 5.41. The Bertz CT molecular complexity index is 797.